The first-order valence-corrected chi connectivity index (χ1v) is 11.8. The molecule has 0 heterocycles. The molecule has 1 rings (SSSR count). The van der Waals surface area contributed by atoms with Gasteiger partial charge in [0.25, 0.3) is 0 Å². The average Bonchev–Trinajstić information content (AvgIpc) is 2.58. The summed E-state index contributed by atoms with van der Waals surface area (Å²) in [5.41, 5.74) is 0. The van der Waals surface area contributed by atoms with E-state index in [-0.39, 0.29) is 13.0 Å². The molecule has 0 aliphatic heterocycles. The number of rotatable bonds is 14. The SMILES string of the molecule is CCCCCCCCCC(=O)OC(CNC1CCCCC1)CS(=O)(=O)[O-]. The van der Waals surface area contributed by atoms with Crippen LogP contribution in [0.15, 0.2) is 0 Å². The fraction of sp³-hybridized carbons (Fsp3) is 0.947. The Morgan fingerprint density at radius 1 is 1.08 bits per heavy atom. The van der Waals surface area contributed by atoms with E-state index in [9.17, 15) is 17.8 Å². The van der Waals surface area contributed by atoms with Crippen molar-refractivity contribution in [2.45, 2.75) is 103 Å². The van der Waals surface area contributed by atoms with Gasteiger partial charge in [-0.3, -0.25) is 4.79 Å². The summed E-state index contributed by atoms with van der Waals surface area (Å²) >= 11 is 0. The van der Waals surface area contributed by atoms with E-state index in [0.717, 1.165) is 44.9 Å². The zero-order valence-corrected chi connectivity index (χ0v) is 17.0. The Labute approximate surface area is 159 Å². The van der Waals surface area contributed by atoms with Gasteiger partial charge < -0.3 is 14.6 Å². The van der Waals surface area contributed by atoms with Crippen LogP contribution in [0.3, 0.4) is 0 Å². The second kappa shape index (κ2) is 13.5. The number of esters is 1. The lowest BCUT2D eigenvalue weighted by Gasteiger charge is -2.26. The van der Waals surface area contributed by atoms with Crippen LogP contribution < -0.4 is 5.32 Å². The van der Waals surface area contributed by atoms with Crippen molar-refractivity contribution in [2.75, 3.05) is 12.3 Å². The van der Waals surface area contributed by atoms with Crippen molar-refractivity contribution >= 4 is 16.1 Å². The van der Waals surface area contributed by atoms with Gasteiger partial charge in [-0.25, -0.2) is 8.42 Å². The van der Waals surface area contributed by atoms with Gasteiger partial charge >= 0.3 is 5.97 Å². The van der Waals surface area contributed by atoms with Crippen LogP contribution in [0, 0.1) is 0 Å². The number of nitrogens with one attached hydrogen (secondary N) is 1. The third kappa shape index (κ3) is 12.7. The minimum absolute atomic E-state index is 0.231. The van der Waals surface area contributed by atoms with Crippen LogP contribution in [0.4, 0.5) is 0 Å². The van der Waals surface area contributed by atoms with Gasteiger partial charge in [-0.05, 0) is 19.3 Å². The summed E-state index contributed by atoms with van der Waals surface area (Å²) in [6.45, 7) is 2.41. The highest BCUT2D eigenvalue weighted by Gasteiger charge is 2.20. The molecule has 1 fully saturated rings. The Balaban J connectivity index is 2.28. The van der Waals surface area contributed by atoms with Gasteiger partial charge in [0, 0.05) is 19.0 Å². The summed E-state index contributed by atoms with van der Waals surface area (Å²) in [6, 6.07) is 0.322. The molecule has 1 aliphatic rings. The number of hydrogen-bond donors (Lipinski definition) is 1. The van der Waals surface area contributed by atoms with Crippen molar-refractivity contribution in [1.82, 2.24) is 5.32 Å². The summed E-state index contributed by atoms with van der Waals surface area (Å²) in [5.74, 6) is -1.06. The van der Waals surface area contributed by atoms with E-state index < -0.39 is 27.9 Å². The van der Waals surface area contributed by atoms with Crippen LogP contribution >= 0.6 is 0 Å². The molecular weight excluding hydrogens is 354 g/mol. The van der Waals surface area contributed by atoms with Gasteiger partial charge in [-0.2, -0.15) is 0 Å². The summed E-state index contributed by atoms with van der Waals surface area (Å²) in [4.78, 5) is 12.0. The van der Waals surface area contributed by atoms with Gasteiger partial charge in [-0.15, -0.1) is 0 Å². The summed E-state index contributed by atoms with van der Waals surface area (Å²) in [6.07, 6.45) is 12.7. The van der Waals surface area contributed by atoms with Crippen LogP contribution in [0.25, 0.3) is 0 Å². The van der Waals surface area contributed by atoms with E-state index in [1.54, 1.807) is 0 Å². The number of unbranched alkanes of at least 4 members (excludes halogenated alkanes) is 6. The molecule has 6 nitrogen and oxygen atoms in total. The van der Waals surface area contributed by atoms with Gasteiger partial charge in [0.1, 0.15) is 6.10 Å². The first kappa shape index (κ1) is 23.4. The molecule has 0 saturated heterocycles. The van der Waals surface area contributed by atoms with Crippen molar-refractivity contribution in [2.24, 2.45) is 0 Å². The highest BCUT2D eigenvalue weighted by atomic mass is 32.2. The van der Waals surface area contributed by atoms with E-state index in [4.69, 9.17) is 4.74 Å². The van der Waals surface area contributed by atoms with E-state index in [1.807, 2.05) is 0 Å². The van der Waals surface area contributed by atoms with E-state index in [0.29, 0.717) is 6.04 Å². The molecule has 0 aromatic rings. The van der Waals surface area contributed by atoms with Crippen molar-refractivity contribution in [3.05, 3.63) is 0 Å². The van der Waals surface area contributed by atoms with E-state index >= 15 is 0 Å². The average molecular weight is 391 g/mol. The maximum Gasteiger partial charge on any atom is 0.306 e. The van der Waals surface area contributed by atoms with Crippen molar-refractivity contribution < 1.29 is 22.5 Å². The number of hydrogen-bond acceptors (Lipinski definition) is 6. The third-order valence-electron chi connectivity index (χ3n) is 4.91. The summed E-state index contributed by atoms with van der Waals surface area (Å²) in [5, 5.41) is 3.27. The molecular formula is C19H36NO5S-. The number of carbonyl (C=O) groups excluding carboxylic acids is 1. The van der Waals surface area contributed by atoms with Gasteiger partial charge in [0.2, 0.25) is 0 Å². The highest BCUT2D eigenvalue weighted by Crippen LogP contribution is 2.17. The van der Waals surface area contributed by atoms with Gasteiger partial charge in [0.05, 0.1) is 15.9 Å². The van der Waals surface area contributed by atoms with Gasteiger partial charge in [0.15, 0.2) is 0 Å². The maximum absolute atomic E-state index is 12.0. The first-order chi connectivity index (χ1) is 12.4. The molecule has 0 spiro atoms. The lowest BCUT2D eigenvalue weighted by atomic mass is 9.95. The molecule has 1 aliphatic carbocycles. The Bertz CT molecular complexity index is 474. The molecule has 0 bridgehead atoms. The first-order valence-electron chi connectivity index (χ1n) is 10.3. The third-order valence-corrected chi connectivity index (χ3v) is 5.69. The van der Waals surface area contributed by atoms with E-state index in [2.05, 4.69) is 12.2 Å². The quantitative estimate of drug-likeness (QED) is 0.277. The standard InChI is InChI=1S/C19H37NO5S/c1-2-3-4-5-6-7-11-14-19(21)25-18(16-26(22,23)24)15-20-17-12-9-8-10-13-17/h17-18,20H,2-16H2,1H3,(H,22,23,24)/p-1. The number of ether oxygens (including phenoxy) is 1. The van der Waals surface area contributed by atoms with Crippen molar-refractivity contribution in [3.63, 3.8) is 0 Å². The minimum atomic E-state index is -4.43. The van der Waals surface area contributed by atoms with E-state index in [1.165, 1.54) is 32.1 Å². The van der Waals surface area contributed by atoms with Crippen LogP contribution in [0.1, 0.15) is 90.4 Å². The molecule has 26 heavy (non-hydrogen) atoms. The normalized spacial score (nSPS) is 17.2. The molecule has 0 aromatic heterocycles. The second-order valence-electron chi connectivity index (χ2n) is 7.45. The lowest BCUT2D eigenvalue weighted by Crippen LogP contribution is -2.41. The minimum Gasteiger partial charge on any atom is -0.748 e. The van der Waals surface area contributed by atoms with Gasteiger partial charge in [-0.1, -0.05) is 64.7 Å². The largest absolute Gasteiger partial charge is 0.748 e. The fourth-order valence-corrected chi connectivity index (χ4v) is 4.08. The molecule has 0 radical (unpaired) electrons. The Hall–Kier alpha value is -0.660. The fourth-order valence-electron chi connectivity index (χ4n) is 3.44. The maximum atomic E-state index is 12.0. The monoisotopic (exact) mass is 390 g/mol. The molecule has 154 valence electrons. The van der Waals surface area contributed by atoms with Crippen LogP contribution in [0.5, 0.6) is 0 Å². The second-order valence-corrected chi connectivity index (χ2v) is 8.90. The Kier molecular flexibility index (Phi) is 12.1. The van der Waals surface area contributed by atoms with Crippen LogP contribution in [-0.2, 0) is 19.6 Å². The smallest absolute Gasteiger partial charge is 0.306 e. The predicted octanol–water partition coefficient (Wildman–Crippen LogP) is 3.51. The molecule has 0 aromatic carbocycles. The molecule has 1 N–H and O–H groups in total. The zero-order chi connectivity index (χ0) is 19.3. The number of carbonyl (C=O) groups is 1. The molecule has 0 amide bonds. The molecule has 1 atom stereocenters. The zero-order valence-electron chi connectivity index (χ0n) is 16.2. The summed E-state index contributed by atoms with van der Waals surface area (Å²) < 4.78 is 38.5. The van der Waals surface area contributed by atoms with Crippen molar-refractivity contribution in [3.8, 4) is 0 Å². The topological polar surface area (TPSA) is 95.5 Å². The predicted molar refractivity (Wildman–Crippen MR) is 102 cm³/mol. The van der Waals surface area contributed by atoms with Crippen molar-refractivity contribution in [1.29, 1.82) is 0 Å². The molecule has 1 unspecified atom stereocenters. The summed E-state index contributed by atoms with van der Waals surface area (Å²) in [7, 11) is -4.43. The molecule has 7 heteroatoms. The molecule has 1 saturated carbocycles. The van der Waals surface area contributed by atoms with Crippen LogP contribution in [0.2, 0.25) is 0 Å². The Morgan fingerprint density at radius 2 is 1.69 bits per heavy atom. The lowest BCUT2D eigenvalue weighted by molar-refractivity contribution is -0.148. The van der Waals surface area contributed by atoms with Crippen LogP contribution in [-0.4, -0.2) is 43.4 Å². The Morgan fingerprint density at radius 3 is 2.31 bits per heavy atom. The highest BCUT2D eigenvalue weighted by molar-refractivity contribution is 7.85.